The van der Waals surface area contributed by atoms with E-state index in [0.717, 1.165) is 5.56 Å². The van der Waals surface area contributed by atoms with Crippen molar-refractivity contribution in [1.82, 2.24) is 4.72 Å². The van der Waals surface area contributed by atoms with Gasteiger partial charge in [-0.25, -0.2) is 4.39 Å². The maximum Gasteiger partial charge on any atom is 0.137 e. The molecule has 1 aromatic rings. The summed E-state index contributed by atoms with van der Waals surface area (Å²) in [6.45, 7) is 7.62. The quantitative estimate of drug-likeness (QED) is 0.861. The summed E-state index contributed by atoms with van der Waals surface area (Å²) in [7, 11) is 0. The number of rotatable bonds is 3. The lowest BCUT2D eigenvalue weighted by atomic mass is 10.1. The normalized spacial score (nSPS) is 15.7. The van der Waals surface area contributed by atoms with Gasteiger partial charge in [0.15, 0.2) is 0 Å². The molecule has 0 aliphatic heterocycles. The van der Waals surface area contributed by atoms with E-state index in [0.29, 0.717) is 4.47 Å². The molecule has 17 heavy (non-hydrogen) atoms. The molecule has 0 aromatic heterocycles. The Morgan fingerprint density at radius 1 is 1.41 bits per heavy atom. The van der Waals surface area contributed by atoms with Crippen LogP contribution in [0.5, 0.6) is 0 Å². The van der Waals surface area contributed by atoms with Crippen LogP contribution in [0.2, 0.25) is 0 Å². The van der Waals surface area contributed by atoms with Crippen LogP contribution in [0.25, 0.3) is 0 Å². The number of nitrogens with one attached hydrogen (secondary N) is 1. The monoisotopic (exact) mass is 321 g/mol. The van der Waals surface area contributed by atoms with Gasteiger partial charge in [-0.15, -0.1) is 4.72 Å². The highest BCUT2D eigenvalue weighted by Gasteiger charge is 2.28. The molecular formula is C12H17BrFNOS. The maximum absolute atomic E-state index is 13.1. The minimum atomic E-state index is -1.14. The molecule has 0 heterocycles. The van der Waals surface area contributed by atoms with Gasteiger partial charge in [0.05, 0.1) is 10.5 Å². The van der Waals surface area contributed by atoms with E-state index >= 15 is 0 Å². The molecule has 2 atom stereocenters. The van der Waals surface area contributed by atoms with Crippen molar-refractivity contribution in [3.8, 4) is 0 Å². The van der Waals surface area contributed by atoms with Crippen LogP contribution in [0.1, 0.15) is 39.3 Å². The molecule has 0 fully saturated rings. The Morgan fingerprint density at radius 2 is 2.00 bits per heavy atom. The summed E-state index contributed by atoms with van der Waals surface area (Å²) in [6.07, 6.45) is 0. The molecule has 0 bridgehead atoms. The molecule has 0 spiro atoms. The molecule has 1 aromatic carbocycles. The number of hydrogen-bond acceptors (Lipinski definition) is 2. The van der Waals surface area contributed by atoms with Gasteiger partial charge in [0.1, 0.15) is 10.6 Å². The van der Waals surface area contributed by atoms with Crippen LogP contribution >= 0.6 is 15.9 Å². The molecule has 1 N–H and O–H groups in total. The molecule has 1 rings (SSSR count). The van der Waals surface area contributed by atoms with Gasteiger partial charge in [-0.3, -0.25) is 0 Å². The SMILES string of the molecule is CC(N[S+]([O-])C(C)(C)C)c1ccc(F)c(Br)c1. The first kappa shape index (κ1) is 15.0. The molecule has 2 unspecified atom stereocenters. The van der Waals surface area contributed by atoms with Gasteiger partial charge in [0.2, 0.25) is 0 Å². The summed E-state index contributed by atoms with van der Waals surface area (Å²) in [5.41, 5.74) is 0.899. The molecule has 96 valence electrons. The van der Waals surface area contributed by atoms with Gasteiger partial charge in [0.25, 0.3) is 0 Å². The van der Waals surface area contributed by atoms with Gasteiger partial charge in [0, 0.05) is 11.4 Å². The van der Waals surface area contributed by atoms with Crippen LogP contribution in [-0.4, -0.2) is 9.30 Å². The van der Waals surface area contributed by atoms with E-state index in [1.54, 1.807) is 12.1 Å². The van der Waals surface area contributed by atoms with E-state index in [-0.39, 0.29) is 16.6 Å². The van der Waals surface area contributed by atoms with Gasteiger partial charge in [-0.1, -0.05) is 6.07 Å². The summed E-state index contributed by atoms with van der Waals surface area (Å²) < 4.78 is 28.1. The van der Waals surface area contributed by atoms with Crippen LogP contribution in [0.4, 0.5) is 4.39 Å². The summed E-state index contributed by atoms with van der Waals surface area (Å²) in [6, 6.07) is 4.70. The lowest BCUT2D eigenvalue weighted by Gasteiger charge is -2.26. The van der Waals surface area contributed by atoms with Crippen molar-refractivity contribution >= 4 is 27.3 Å². The number of halogens is 2. The Labute approximate surface area is 113 Å². The predicted octanol–water partition coefficient (Wildman–Crippen LogP) is 3.70. The van der Waals surface area contributed by atoms with Crippen molar-refractivity contribution in [2.45, 2.75) is 38.5 Å². The molecule has 0 aliphatic rings. The highest BCUT2D eigenvalue weighted by molar-refractivity contribution is 9.10. The van der Waals surface area contributed by atoms with Crippen molar-refractivity contribution in [2.24, 2.45) is 0 Å². The van der Waals surface area contributed by atoms with Crippen molar-refractivity contribution in [1.29, 1.82) is 0 Å². The minimum absolute atomic E-state index is 0.0908. The van der Waals surface area contributed by atoms with Crippen molar-refractivity contribution in [3.05, 3.63) is 34.1 Å². The van der Waals surface area contributed by atoms with E-state index in [1.807, 2.05) is 27.7 Å². The molecule has 0 saturated carbocycles. The van der Waals surface area contributed by atoms with Gasteiger partial charge in [-0.2, -0.15) is 0 Å². The fourth-order valence-electron chi connectivity index (χ4n) is 1.19. The van der Waals surface area contributed by atoms with Crippen LogP contribution in [-0.2, 0) is 11.4 Å². The summed E-state index contributed by atoms with van der Waals surface area (Å²) >= 11 is 2.00. The van der Waals surface area contributed by atoms with Crippen molar-refractivity contribution < 1.29 is 8.94 Å². The molecule has 0 aliphatic carbocycles. The predicted molar refractivity (Wildman–Crippen MR) is 73.5 cm³/mol. The van der Waals surface area contributed by atoms with E-state index in [9.17, 15) is 8.94 Å². The third-order valence-electron chi connectivity index (χ3n) is 2.28. The lowest BCUT2D eigenvalue weighted by molar-refractivity contribution is 0.531. The topological polar surface area (TPSA) is 35.1 Å². The largest absolute Gasteiger partial charge is 0.598 e. The maximum atomic E-state index is 13.1. The van der Waals surface area contributed by atoms with E-state index in [1.165, 1.54) is 6.07 Å². The fourth-order valence-corrected chi connectivity index (χ4v) is 2.39. The Balaban J connectivity index is 2.76. The van der Waals surface area contributed by atoms with Gasteiger partial charge < -0.3 is 4.55 Å². The molecule has 2 nitrogen and oxygen atoms in total. The van der Waals surface area contributed by atoms with Crippen LogP contribution < -0.4 is 4.72 Å². The van der Waals surface area contributed by atoms with Gasteiger partial charge >= 0.3 is 0 Å². The fraction of sp³-hybridized carbons (Fsp3) is 0.500. The smallest absolute Gasteiger partial charge is 0.137 e. The number of benzene rings is 1. The summed E-state index contributed by atoms with van der Waals surface area (Å²) in [5.74, 6) is -0.294. The third kappa shape index (κ3) is 4.25. The Kier molecular flexibility index (Phi) is 5.01. The second-order valence-corrected chi connectivity index (χ2v) is 7.75. The summed E-state index contributed by atoms with van der Waals surface area (Å²) in [4.78, 5) is 0. The molecule has 5 heteroatoms. The Bertz CT molecular complexity index is 395. The van der Waals surface area contributed by atoms with Crippen LogP contribution in [0.3, 0.4) is 0 Å². The second kappa shape index (κ2) is 5.69. The van der Waals surface area contributed by atoms with Crippen LogP contribution in [0, 0.1) is 5.82 Å². The zero-order valence-corrected chi connectivity index (χ0v) is 12.8. The van der Waals surface area contributed by atoms with E-state index in [2.05, 4.69) is 20.7 Å². The first-order chi connectivity index (χ1) is 7.71. The molecule has 0 saturated heterocycles. The minimum Gasteiger partial charge on any atom is -0.598 e. The zero-order valence-electron chi connectivity index (χ0n) is 10.4. The molecule has 0 amide bonds. The van der Waals surface area contributed by atoms with Gasteiger partial charge in [-0.05, 0) is 61.3 Å². The highest BCUT2D eigenvalue weighted by atomic mass is 79.9. The second-order valence-electron chi connectivity index (χ2n) is 4.89. The third-order valence-corrected chi connectivity index (χ3v) is 4.57. The zero-order chi connectivity index (χ0) is 13.2. The first-order valence-corrected chi connectivity index (χ1v) is 7.29. The van der Waals surface area contributed by atoms with E-state index < -0.39 is 11.4 Å². The Morgan fingerprint density at radius 3 is 2.47 bits per heavy atom. The Hall–Kier alpha value is -0.100. The highest BCUT2D eigenvalue weighted by Crippen LogP contribution is 2.23. The average molecular weight is 322 g/mol. The van der Waals surface area contributed by atoms with Crippen molar-refractivity contribution in [2.75, 3.05) is 0 Å². The van der Waals surface area contributed by atoms with E-state index in [4.69, 9.17) is 0 Å². The first-order valence-electron chi connectivity index (χ1n) is 5.35. The average Bonchev–Trinajstić information content (AvgIpc) is 2.20. The van der Waals surface area contributed by atoms with Crippen LogP contribution in [0.15, 0.2) is 22.7 Å². The lowest BCUT2D eigenvalue weighted by Crippen LogP contribution is -2.40. The summed E-state index contributed by atoms with van der Waals surface area (Å²) in [5, 5.41) is 0. The standard InChI is InChI=1S/C12H17BrFNOS/c1-8(15-17(16)12(2,3)4)9-5-6-11(14)10(13)7-9/h5-8,15H,1-4H3. The molecular weight excluding hydrogens is 305 g/mol. The molecule has 0 radical (unpaired) electrons. The number of hydrogen-bond donors (Lipinski definition) is 1. The van der Waals surface area contributed by atoms with Crippen molar-refractivity contribution in [3.63, 3.8) is 0 Å².